The average Bonchev–Trinajstić information content (AvgIpc) is 2.65. The summed E-state index contributed by atoms with van der Waals surface area (Å²) in [4.78, 5) is 24.1. The fourth-order valence-corrected chi connectivity index (χ4v) is 2.46. The number of carbonyl (C=O) groups is 2. The molecule has 2 N–H and O–H groups in total. The lowest BCUT2D eigenvalue weighted by atomic mass is 10.2. The normalized spacial score (nSPS) is 10.0. The van der Waals surface area contributed by atoms with Gasteiger partial charge < -0.3 is 24.8 Å². The quantitative estimate of drug-likeness (QED) is 0.755. The Kier molecular flexibility index (Phi) is 6.68. The van der Waals surface area contributed by atoms with Crippen LogP contribution in [0.25, 0.3) is 0 Å². The van der Waals surface area contributed by atoms with E-state index in [0.717, 1.165) is 5.56 Å². The molecule has 138 valence electrons. The summed E-state index contributed by atoms with van der Waals surface area (Å²) in [6, 6.07) is 10.1. The fraction of sp³-hybridized carbons (Fsp3) is 0.222. The zero-order valence-corrected chi connectivity index (χ0v) is 15.3. The summed E-state index contributed by atoms with van der Waals surface area (Å²) < 4.78 is 15.6. The number of amides is 2. The van der Waals surface area contributed by atoms with Crippen molar-refractivity contribution in [2.75, 3.05) is 26.6 Å². The fourth-order valence-electron chi connectivity index (χ4n) is 2.25. The molecule has 0 spiro atoms. The van der Waals surface area contributed by atoms with E-state index in [1.807, 2.05) is 0 Å². The number of benzene rings is 2. The molecule has 0 saturated heterocycles. The van der Waals surface area contributed by atoms with Gasteiger partial charge in [0.15, 0.2) is 11.5 Å². The largest absolute Gasteiger partial charge is 0.493 e. The molecule has 0 atom stereocenters. The van der Waals surface area contributed by atoms with Crippen LogP contribution in [0.2, 0.25) is 5.02 Å². The van der Waals surface area contributed by atoms with Crippen molar-refractivity contribution >= 4 is 29.1 Å². The van der Waals surface area contributed by atoms with Crippen LogP contribution in [-0.2, 0) is 16.1 Å². The van der Waals surface area contributed by atoms with Gasteiger partial charge in [0, 0.05) is 29.4 Å². The minimum Gasteiger partial charge on any atom is -0.493 e. The second-order valence-electron chi connectivity index (χ2n) is 5.18. The van der Waals surface area contributed by atoms with Gasteiger partial charge in [0.05, 0.1) is 21.3 Å². The van der Waals surface area contributed by atoms with Gasteiger partial charge in [-0.3, -0.25) is 9.59 Å². The number of carbonyl (C=O) groups excluding carboxylic acids is 2. The highest BCUT2D eigenvalue weighted by atomic mass is 35.5. The maximum Gasteiger partial charge on any atom is 0.313 e. The van der Waals surface area contributed by atoms with Crippen molar-refractivity contribution in [2.24, 2.45) is 0 Å². The second kappa shape index (κ2) is 8.96. The predicted octanol–water partition coefficient (Wildman–Crippen LogP) is 2.62. The Morgan fingerprint density at radius 3 is 2.15 bits per heavy atom. The van der Waals surface area contributed by atoms with E-state index in [0.29, 0.717) is 28.0 Å². The molecule has 0 aliphatic carbocycles. The van der Waals surface area contributed by atoms with Crippen LogP contribution in [0.4, 0.5) is 5.69 Å². The van der Waals surface area contributed by atoms with Crippen molar-refractivity contribution < 1.29 is 23.8 Å². The molecule has 2 rings (SSSR count). The van der Waals surface area contributed by atoms with Gasteiger partial charge in [-0.05, 0) is 17.7 Å². The maximum absolute atomic E-state index is 12.1. The van der Waals surface area contributed by atoms with E-state index in [1.165, 1.54) is 33.5 Å². The zero-order valence-electron chi connectivity index (χ0n) is 14.6. The lowest BCUT2D eigenvalue weighted by Gasteiger charge is -2.14. The molecule has 0 aliphatic rings. The summed E-state index contributed by atoms with van der Waals surface area (Å²) in [5.74, 6) is -0.485. The summed E-state index contributed by atoms with van der Waals surface area (Å²) >= 11 is 5.89. The van der Waals surface area contributed by atoms with E-state index in [2.05, 4.69) is 10.6 Å². The molecule has 2 aromatic rings. The van der Waals surface area contributed by atoms with Gasteiger partial charge >= 0.3 is 11.8 Å². The van der Waals surface area contributed by atoms with Gasteiger partial charge in [0.25, 0.3) is 0 Å². The van der Waals surface area contributed by atoms with Crippen LogP contribution in [0.3, 0.4) is 0 Å². The van der Waals surface area contributed by atoms with Crippen LogP contribution < -0.4 is 24.8 Å². The molecule has 2 aromatic carbocycles. The number of hydrogen-bond donors (Lipinski definition) is 2. The number of halogens is 1. The molecule has 0 saturated carbocycles. The van der Waals surface area contributed by atoms with Gasteiger partial charge in [-0.2, -0.15) is 0 Å². The van der Waals surface area contributed by atoms with E-state index < -0.39 is 11.8 Å². The maximum atomic E-state index is 12.1. The van der Waals surface area contributed by atoms with Crippen LogP contribution >= 0.6 is 11.6 Å². The smallest absolute Gasteiger partial charge is 0.313 e. The zero-order chi connectivity index (χ0) is 19.1. The molecule has 26 heavy (non-hydrogen) atoms. The number of rotatable bonds is 6. The molecule has 0 fully saturated rings. The SMILES string of the molecule is COc1cc(NC(=O)C(=O)NCc2cccc(Cl)c2)cc(OC)c1OC. The molecule has 0 aromatic heterocycles. The van der Waals surface area contributed by atoms with Gasteiger partial charge in [-0.15, -0.1) is 0 Å². The summed E-state index contributed by atoms with van der Waals surface area (Å²) in [7, 11) is 4.39. The van der Waals surface area contributed by atoms with Gasteiger partial charge in [0.1, 0.15) is 0 Å². The third-order valence-corrected chi connectivity index (χ3v) is 3.71. The molecule has 0 unspecified atom stereocenters. The third kappa shape index (κ3) is 4.80. The van der Waals surface area contributed by atoms with Crippen LogP contribution in [0.1, 0.15) is 5.56 Å². The lowest BCUT2D eigenvalue weighted by molar-refractivity contribution is -0.136. The molecule has 0 aliphatic heterocycles. The summed E-state index contributed by atoms with van der Waals surface area (Å²) in [6.45, 7) is 0.183. The van der Waals surface area contributed by atoms with E-state index in [-0.39, 0.29) is 6.54 Å². The average molecular weight is 379 g/mol. The van der Waals surface area contributed by atoms with Crippen molar-refractivity contribution in [1.82, 2.24) is 5.32 Å². The molecular formula is C18H19ClN2O5. The van der Waals surface area contributed by atoms with Crippen LogP contribution in [0, 0.1) is 0 Å². The molecule has 0 bridgehead atoms. The van der Waals surface area contributed by atoms with Crippen LogP contribution in [0.15, 0.2) is 36.4 Å². The first-order valence-corrected chi connectivity index (χ1v) is 8.00. The number of hydrogen-bond acceptors (Lipinski definition) is 5. The Morgan fingerprint density at radius 1 is 0.962 bits per heavy atom. The highest BCUT2D eigenvalue weighted by molar-refractivity contribution is 6.39. The molecule has 2 amide bonds. The second-order valence-corrected chi connectivity index (χ2v) is 5.62. The van der Waals surface area contributed by atoms with E-state index in [4.69, 9.17) is 25.8 Å². The van der Waals surface area contributed by atoms with Crippen molar-refractivity contribution in [2.45, 2.75) is 6.54 Å². The number of nitrogens with one attached hydrogen (secondary N) is 2. The first kappa shape index (κ1) is 19.4. The van der Waals surface area contributed by atoms with Gasteiger partial charge in [0.2, 0.25) is 5.75 Å². The highest BCUT2D eigenvalue weighted by Gasteiger charge is 2.17. The third-order valence-electron chi connectivity index (χ3n) is 3.47. The van der Waals surface area contributed by atoms with E-state index in [9.17, 15) is 9.59 Å². The Labute approximate surface area is 156 Å². The first-order chi connectivity index (χ1) is 12.5. The summed E-state index contributed by atoms with van der Waals surface area (Å²) in [5, 5.41) is 5.58. The molecular weight excluding hydrogens is 360 g/mol. The Hall–Kier alpha value is -2.93. The predicted molar refractivity (Wildman–Crippen MR) is 98.0 cm³/mol. The Morgan fingerprint density at radius 2 is 1.62 bits per heavy atom. The number of methoxy groups -OCH3 is 3. The number of anilines is 1. The lowest BCUT2D eigenvalue weighted by Crippen LogP contribution is -2.34. The summed E-state index contributed by atoms with van der Waals surface area (Å²) in [6.07, 6.45) is 0. The minimum atomic E-state index is -0.818. The molecule has 0 radical (unpaired) electrons. The van der Waals surface area contributed by atoms with Crippen molar-refractivity contribution in [1.29, 1.82) is 0 Å². The highest BCUT2D eigenvalue weighted by Crippen LogP contribution is 2.39. The monoisotopic (exact) mass is 378 g/mol. The van der Waals surface area contributed by atoms with Crippen molar-refractivity contribution in [3.63, 3.8) is 0 Å². The van der Waals surface area contributed by atoms with Gasteiger partial charge in [-0.25, -0.2) is 0 Å². The van der Waals surface area contributed by atoms with E-state index in [1.54, 1.807) is 24.3 Å². The number of ether oxygens (including phenoxy) is 3. The van der Waals surface area contributed by atoms with Crippen LogP contribution in [-0.4, -0.2) is 33.1 Å². The molecule has 8 heteroatoms. The summed E-state index contributed by atoms with van der Waals surface area (Å²) in [5.41, 5.74) is 1.12. The van der Waals surface area contributed by atoms with Crippen molar-refractivity contribution in [3.8, 4) is 17.2 Å². The van der Waals surface area contributed by atoms with Gasteiger partial charge in [-0.1, -0.05) is 23.7 Å². The van der Waals surface area contributed by atoms with Crippen LogP contribution in [0.5, 0.6) is 17.2 Å². The standard InChI is InChI=1S/C18H19ClN2O5/c1-24-14-8-13(9-15(25-2)16(14)26-3)21-18(23)17(22)20-10-11-5-4-6-12(19)7-11/h4-9H,10H2,1-3H3,(H,20,22)(H,21,23). The van der Waals surface area contributed by atoms with Crippen molar-refractivity contribution in [3.05, 3.63) is 47.0 Å². The first-order valence-electron chi connectivity index (χ1n) is 7.62. The Bertz CT molecular complexity index is 785. The molecule has 0 heterocycles. The minimum absolute atomic E-state index is 0.183. The molecule has 7 nitrogen and oxygen atoms in total. The van der Waals surface area contributed by atoms with E-state index >= 15 is 0 Å². The topological polar surface area (TPSA) is 85.9 Å². The Balaban J connectivity index is 2.05.